The van der Waals surface area contributed by atoms with Gasteiger partial charge in [-0.05, 0) is 31.3 Å². The molecule has 0 aromatic carbocycles. The van der Waals surface area contributed by atoms with Gasteiger partial charge in [-0.1, -0.05) is 11.6 Å². The summed E-state index contributed by atoms with van der Waals surface area (Å²) >= 11 is 7.34. The number of likely N-dealkylation sites (N-methyl/N-ethyl adjacent to an activating group) is 1. The van der Waals surface area contributed by atoms with Crippen molar-refractivity contribution in [3.05, 3.63) is 45.0 Å². The minimum absolute atomic E-state index is 0.195. The quantitative estimate of drug-likeness (QED) is 0.897. The Balaban J connectivity index is 1.50. The number of piperazine rings is 1. The molecule has 0 atom stereocenters. The molecule has 1 saturated heterocycles. The zero-order valence-corrected chi connectivity index (χ0v) is 14.6. The minimum atomic E-state index is -0.195. The molecule has 1 aliphatic heterocycles. The van der Waals surface area contributed by atoms with Crippen LogP contribution in [0.25, 0.3) is 0 Å². The standard InChI is InChI=1S/C16H20ClN3O2S/c1-19-6-8-20(9-7-19)11-12-2-4-14(22-12)16(21)18-10-13-3-5-15(17)23-13/h2-5H,6-11H2,1H3,(H,18,21). The van der Waals surface area contributed by atoms with E-state index in [0.29, 0.717) is 12.3 Å². The second kappa shape index (κ2) is 7.49. The number of carbonyl (C=O) groups is 1. The second-order valence-electron chi connectivity index (χ2n) is 5.73. The zero-order chi connectivity index (χ0) is 16.2. The monoisotopic (exact) mass is 353 g/mol. The molecular weight excluding hydrogens is 334 g/mol. The molecule has 2 aromatic heterocycles. The van der Waals surface area contributed by atoms with Gasteiger partial charge >= 0.3 is 0 Å². The van der Waals surface area contributed by atoms with Gasteiger partial charge in [-0.25, -0.2) is 0 Å². The maximum atomic E-state index is 12.1. The van der Waals surface area contributed by atoms with E-state index in [1.165, 1.54) is 11.3 Å². The molecule has 0 bridgehead atoms. The van der Waals surface area contributed by atoms with E-state index in [4.69, 9.17) is 16.0 Å². The number of carbonyl (C=O) groups excluding carboxylic acids is 1. The van der Waals surface area contributed by atoms with Crippen LogP contribution in [-0.2, 0) is 13.1 Å². The Hall–Kier alpha value is -1.34. The van der Waals surface area contributed by atoms with E-state index in [1.807, 2.05) is 18.2 Å². The van der Waals surface area contributed by atoms with E-state index in [2.05, 4.69) is 22.2 Å². The lowest BCUT2D eigenvalue weighted by atomic mass is 10.3. The summed E-state index contributed by atoms with van der Waals surface area (Å²) in [7, 11) is 2.13. The fraction of sp³-hybridized carbons (Fsp3) is 0.438. The molecule has 0 aliphatic carbocycles. The molecule has 1 aliphatic rings. The van der Waals surface area contributed by atoms with E-state index in [1.54, 1.807) is 6.07 Å². The SMILES string of the molecule is CN1CCN(Cc2ccc(C(=O)NCc3ccc(Cl)s3)o2)CC1. The van der Waals surface area contributed by atoms with Gasteiger partial charge in [0, 0.05) is 31.1 Å². The second-order valence-corrected chi connectivity index (χ2v) is 7.53. The summed E-state index contributed by atoms with van der Waals surface area (Å²) in [5, 5.41) is 2.85. The number of nitrogens with one attached hydrogen (secondary N) is 1. The molecule has 1 fully saturated rings. The van der Waals surface area contributed by atoms with E-state index in [-0.39, 0.29) is 5.91 Å². The van der Waals surface area contributed by atoms with Crippen LogP contribution in [0.3, 0.4) is 0 Å². The predicted octanol–water partition coefficient (Wildman–Crippen LogP) is 2.67. The molecule has 0 unspecified atom stereocenters. The Bertz CT molecular complexity index is 662. The molecule has 5 nitrogen and oxygen atoms in total. The van der Waals surface area contributed by atoms with Crippen molar-refractivity contribution >= 4 is 28.8 Å². The van der Waals surface area contributed by atoms with Gasteiger partial charge in [0.25, 0.3) is 5.91 Å². The van der Waals surface area contributed by atoms with Crippen LogP contribution in [0, 0.1) is 0 Å². The van der Waals surface area contributed by atoms with Crippen LogP contribution in [0.15, 0.2) is 28.7 Å². The summed E-state index contributed by atoms with van der Waals surface area (Å²) in [5.74, 6) is 0.995. The molecule has 1 N–H and O–H groups in total. The van der Waals surface area contributed by atoms with E-state index < -0.39 is 0 Å². The number of nitrogens with zero attached hydrogens (tertiary/aromatic N) is 2. The molecule has 7 heteroatoms. The maximum Gasteiger partial charge on any atom is 0.287 e. The predicted molar refractivity (Wildman–Crippen MR) is 92.0 cm³/mol. The first-order valence-electron chi connectivity index (χ1n) is 7.62. The lowest BCUT2D eigenvalue weighted by Crippen LogP contribution is -2.43. The molecule has 3 heterocycles. The van der Waals surface area contributed by atoms with Crippen LogP contribution in [0.5, 0.6) is 0 Å². The van der Waals surface area contributed by atoms with Gasteiger partial charge in [0.1, 0.15) is 5.76 Å². The van der Waals surface area contributed by atoms with Crippen LogP contribution in [0.1, 0.15) is 21.2 Å². The molecule has 1 amide bonds. The highest BCUT2D eigenvalue weighted by Gasteiger charge is 2.17. The average Bonchev–Trinajstić information content (AvgIpc) is 3.16. The lowest BCUT2D eigenvalue weighted by Gasteiger charge is -2.31. The highest BCUT2D eigenvalue weighted by molar-refractivity contribution is 7.16. The van der Waals surface area contributed by atoms with Crippen molar-refractivity contribution in [1.82, 2.24) is 15.1 Å². The lowest BCUT2D eigenvalue weighted by molar-refractivity contribution is 0.0916. The molecular formula is C16H20ClN3O2S. The first-order valence-corrected chi connectivity index (χ1v) is 8.81. The number of thiophene rings is 1. The highest BCUT2D eigenvalue weighted by atomic mass is 35.5. The van der Waals surface area contributed by atoms with Crippen molar-refractivity contribution in [2.24, 2.45) is 0 Å². The van der Waals surface area contributed by atoms with Crippen molar-refractivity contribution in [1.29, 1.82) is 0 Å². The average molecular weight is 354 g/mol. The first kappa shape index (κ1) is 16.5. The van der Waals surface area contributed by atoms with Crippen molar-refractivity contribution in [3.8, 4) is 0 Å². The van der Waals surface area contributed by atoms with Gasteiger partial charge in [0.05, 0.1) is 17.4 Å². The highest BCUT2D eigenvalue weighted by Crippen LogP contribution is 2.21. The summed E-state index contributed by atoms with van der Waals surface area (Å²) in [6.45, 7) is 5.40. The van der Waals surface area contributed by atoms with Gasteiger partial charge in [-0.15, -0.1) is 11.3 Å². The summed E-state index contributed by atoms with van der Waals surface area (Å²) in [6.07, 6.45) is 0. The normalized spacial score (nSPS) is 16.6. The summed E-state index contributed by atoms with van der Waals surface area (Å²) in [5.41, 5.74) is 0. The van der Waals surface area contributed by atoms with Crippen molar-refractivity contribution < 1.29 is 9.21 Å². The third kappa shape index (κ3) is 4.57. The molecule has 0 radical (unpaired) electrons. The third-order valence-electron chi connectivity index (χ3n) is 3.91. The molecule has 0 spiro atoms. The topological polar surface area (TPSA) is 48.7 Å². The van der Waals surface area contributed by atoms with Crippen LogP contribution < -0.4 is 5.32 Å². The minimum Gasteiger partial charge on any atom is -0.455 e. The van der Waals surface area contributed by atoms with E-state index in [0.717, 1.165) is 47.7 Å². The van der Waals surface area contributed by atoms with Gasteiger partial charge < -0.3 is 14.6 Å². The largest absolute Gasteiger partial charge is 0.455 e. The smallest absolute Gasteiger partial charge is 0.287 e. The van der Waals surface area contributed by atoms with Gasteiger partial charge in [0.15, 0.2) is 5.76 Å². The van der Waals surface area contributed by atoms with Crippen LogP contribution in [0.2, 0.25) is 4.34 Å². The molecule has 3 rings (SSSR count). The van der Waals surface area contributed by atoms with Crippen molar-refractivity contribution in [2.45, 2.75) is 13.1 Å². The molecule has 0 saturated carbocycles. The number of amides is 1. The van der Waals surface area contributed by atoms with Crippen LogP contribution >= 0.6 is 22.9 Å². The summed E-state index contributed by atoms with van der Waals surface area (Å²) in [6, 6.07) is 7.36. The van der Waals surface area contributed by atoms with Crippen molar-refractivity contribution in [3.63, 3.8) is 0 Å². The third-order valence-corrected chi connectivity index (χ3v) is 5.14. The Labute approximate surface area is 144 Å². The number of furan rings is 1. The fourth-order valence-electron chi connectivity index (χ4n) is 2.51. The Morgan fingerprint density at radius 3 is 2.74 bits per heavy atom. The Morgan fingerprint density at radius 2 is 2.04 bits per heavy atom. The summed E-state index contributed by atoms with van der Waals surface area (Å²) < 4.78 is 6.40. The fourth-order valence-corrected chi connectivity index (χ4v) is 3.54. The number of halogens is 1. The zero-order valence-electron chi connectivity index (χ0n) is 13.0. The van der Waals surface area contributed by atoms with Gasteiger partial charge in [-0.3, -0.25) is 9.69 Å². The Kier molecular flexibility index (Phi) is 5.38. The van der Waals surface area contributed by atoms with Gasteiger partial charge in [0.2, 0.25) is 0 Å². The van der Waals surface area contributed by atoms with Gasteiger partial charge in [-0.2, -0.15) is 0 Å². The molecule has 23 heavy (non-hydrogen) atoms. The maximum absolute atomic E-state index is 12.1. The first-order chi connectivity index (χ1) is 11.1. The Morgan fingerprint density at radius 1 is 1.26 bits per heavy atom. The van der Waals surface area contributed by atoms with Crippen LogP contribution in [-0.4, -0.2) is 48.9 Å². The van der Waals surface area contributed by atoms with E-state index >= 15 is 0 Å². The van der Waals surface area contributed by atoms with Crippen molar-refractivity contribution in [2.75, 3.05) is 33.2 Å². The molecule has 124 valence electrons. The number of hydrogen-bond donors (Lipinski definition) is 1. The van der Waals surface area contributed by atoms with Crippen LogP contribution in [0.4, 0.5) is 0 Å². The molecule has 2 aromatic rings. The summed E-state index contributed by atoms with van der Waals surface area (Å²) in [4.78, 5) is 17.8. The van der Waals surface area contributed by atoms with E-state index in [9.17, 15) is 4.79 Å². The number of rotatable bonds is 5. The number of hydrogen-bond acceptors (Lipinski definition) is 5.